The molecule has 0 fully saturated rings. The molecular formula is C12H13BrFNO2. The standard InChI is InChI=1S/C12H13BrFNO2/c1-8(7-16)15-12(17)5-2-9-6-10(13)3-4-11(9)14/h2-6,8,16H,7H2,1H3,(H,15,17)/b5-2+/t8-/m0/s1. The molecular weight excluding hydrogens is 289 g/mol. The largest absolute Gasteiger partial charge is 0.394 e. The highest BCUT2D eigenvalue weighted by molar-refractivity contribution is 9.10. The summed E-state index contributed by atoms with van der Waals surface area (Å²) in [6, 6.07) is 4.16. The lowest BCUT2D eigenvalue weighted by Crippen LogP contribution is -2.33. The van der Waals surface area contributed by atoms with Crippen LogP contribution in [-0.2, 0) is 4.79 Å². The molecule has 1 aromatic carbocycles. The average Bonchev–Trinajstić information content (AvgIpc) is 2.30. The number of aliphatic hydroxyl groups excluding tert-OH is 1. The van der Waals surface area contributed by atoms with Crippen molar-refractivity contribution in [2.75, 3.05) is 6.61 Å². The number of carbonyl (C=O) groups is 1. The van der Waals surface area contributed by atoms with Crippen molar-refractivity contribution in [2.45, 2.75) is 13.0 Å². The van der Waals surface area contributed by atoms with Crippen molar-refractivity contribution in [3.8, 4) is 0 Å². The predicted molar refractivity (Wildman–Crippen MR) is 67.8 cm³/mol. The fourth-order valence-corrected chi connectivity index (χ4v) is 1.52. The van der Waals surface area contributed by atoms with Crippen LogP contribution in [0.25, 0.3) is 6.08 Å². The lowest BCUT2D eigenvalue weighted by molar-refractivity contribution is -0.117. The van der Waals surface area contributed by atoms with E-state index in [2.05, 4.69) is 21.2 Å². The minimum absolute atomic E-state index is 0.134. The van der Waals surface area contributed by atoms with Crippen LogP contribution in [-0.4, -0.2) is 23.7 Å². The molecule has 1 atom stereocenters. The van der Waals surface area contributed by atoms with E-state index >= 15 is 0 Å². The van der Waals surface area contributed by atoms with Gasteiger partial charge in [-0.2, -0.15) is 0 Å². The zero-order valence-corrected chi connectivity index (χ0v) is 10.9. The van der Waals surface area contributed by atoms with E-state index in [1.807, 2.05) is 0 Å². The van der Waals surface area contributed by atoms with E-state index < -0.39 is 5.82 Å². The zero-order chi connectivity index (χ0) is 12.8. The highest BCUT2D eigenvalue weighted by Crippen LogP contribution is 2.16. The quantitative estimate of drug-likeness (QED) is 0.837. The first-order valence-electron chi connectivity index (χ1n) is 5.07. The van der Waals surface area contributed by atoms with Crippen molar-refractivity contribution in [2.24, 2.45) is 0 Å². The molecule has 0 aliphatic heterocycles. The van der Waals surface area contributed by atoms with E-state index in [9.17, 15) is 9.18 Å². The minimum atomic E-state index is -0.396. The van der Waals surface area contributed by atoms with Gasteiger partial charge in [-0.1, -0.05) is 15.9 Å². The summed E-state index contributed by atoms with van der Waals surface area (Å²) in [5.41, 5.74) is 0.325. The van der Waals surface area contributed by atoms with Crippen LogP contribution in [0.5, 0.6) is 0 Å². The molecule has 3 nitrogen and oxygen atoms in total. The van der Waals surface area contributed by atoms with Crippen molar-refractivity contribution in [3.05, 3.63) is 40.1 Å². The Morgan fingerprint density at radius 3 is 3.00 bits per heavy atom. The van der Waals surface area contributed by atoms with E-state index in [4.69, 9.17) is 5.11 Å². The van der Waals surface area contributed by atoms with Crippen LogP contribution in [0.15, 0.2) is 28.7 Å². The van der Waals surface area contributed by atoms with Crippen LogP contribution in [0, 0.1) is 5.82 Å². The lowest BCUT2D eigenvalue weighted by Gasteiger charge is -2.07. The lowest BCUT2D eigenvalue weighted by atomic mass is 10.2. The summed E-state index contributed by atoms with van der Waals surface area (Å²) in [5.74, 6) is -0.765. The number of rotatable bonds is 4. The average molecular weight is 302 g/mol. The van der Waals surface area contributed by atoms with E-state index in [-0.39, 0.29) is 18.6 Å². The predicted octanol–water partition coefficient (Wildman–Crippen LogP) is 2.10. The molecule has 0 saturated heterocycles. The molecule has 17 heavy (non-hydrogen) atoms. The maximum atomic E-state index is 13.3. The van der Waals surface area contributed by atoms with Crippen LogP contribution >= 0.6 is 15.9 Å². The number of hydrogen-bond acceptors (Lipinski definition) is 2. The summed E-state index contributed by atoms with van der Waals surface area (Å²) in [6.45, 7) is 1.54. The molecule has 0 heterocycles. The summed E-state index contributed by atoms with van der Waals surface area (Å²) < 4.78 is 14.0. The zero-order valence-electron chi connectivity index (χ0n) is 9.28. The topological polar surface area (TPSA) is 49.3 Å². The second kappa shape index (κ2) is 6.51. The van der Waals surface area contributed by atoms with Gasteiger partial charge in [-0.3, -0.25) is 4.79 Å². The third kappa shape index (κ3) is 4.66. The number of benzene rings is 1. The molecule has 0 aliphatic rings. The van der Waals surface area contributed by atoms with Crippen LogP contribution in [0.3, 0.4) is 0 Å². The van der Waals surface area contributed by atoms with Crippen LogP contribution < -0.4 is 5.32 Å². The Balaban J connectivity index is 2.70. The van der Waals surface area contributed by atoms with Crippen molar-refractivity contribution in [1.29, 1.82) is 0 Å². The second-order valence-corrected chi connectivity index (χ2v) is 4.51. The van der Waals surface area contributed by atoms with Crippen LogP contribution in [0.1, 0.15) is 12.5 Å². The van der Waals surface area contributed by atoms with Gasteiger partial charge in [0.15, 0.2) is 0 Å². The van der Waals surface area contributed by atoms with E-state index in [1.54, 1.807) is 19.1 Å². The maximum Gasteiger partial charge on any atom is 0.244 e. The van der Waals surface area contributed by atoms with Gasteiger partial charge in [-0.15, -0.1) is 0 Å². The summed E-state index contributed by atoms with van der Waals surface area (Å²) in [6.07, 6.45) is 2.62. The van der Waals surface area contributed by atoms with Crippen molar-refractivity contribution in [3.63, 3.8) is 0 Å². The Bertz CT molecular complexity index is 435. The highest BCUT2D eigenvalue weighted by atomic mass is 79.9. The molecule has 0 aliphatic carbocycles. The summed E-state index contributed by atoms with van der Waals surface area (Å²) in [4.78, 5) is 11.3. The SMILES string of the molecule is C[C@@H](CO)NC(=O)/C=C/c1cc(Br)ccc1F. The Morgan fingerprint density at radius 1 is 1.65 bits per heavy atom. The third-order valence-corrected chi connectivity index (χ3v) is 2.53. The van der Waals surface area contributed by atoms with Crippen molar-refractivity contribution >= 4 is 27.9 Å². The fourth-order valence-electron chi connectivity index (χ4n) is 1.14. The van der Waals surface area contributed by atoms with Gasteiger partial charge in [0.1, 0.15) is 5.82 Å². The number of amides is 1. The monoisotopic (exact) mass is 301 g/mol. The molecule has 5 heteroatoms. The molecule has 1 aromatic rings. The minimum Gasteiger partial charge on any atom is -0.394 e. The third-order valence-electron chi connectivity index (χ3n) is 2.03. The Morgan fingerprint density at radius 2 is 2.35 bits per heavy atom. The second-order valence-electron chi connectivity index (χ2n) is 3.59. The summed E-state index contributed by atoms with van der Waals surface area (Å²) in [7, 11) is 0. The first kappa shape index (κ1) is 13.9. The number of carbonyl (C=O) groups excluding carboxylic acids is 1. The Labute approximate surface area is 107 Å². The van der Waals surface area contributed by atoms with Gasteiger partial charge in [0.2, 0.25) is 5.91 Å². The number of halogens is 2. The molecule has 1 amide bonds. The molecule has 0 bridgehead atoms. The summed E-state index contributed by atoms with van der Waals surface area (Å²) >= 11 is 3.22. The number of aliphatic hydroxyl groups is 1. The first-order chi connectivity index (χ1) is 8.02. The van der Waals surface area contributed by atoms with Gasteiger partial charge in [-0.05, 0) is 31.2 Å². The smallest absolute Gasteiger partial charge is 0.244 e. The fraction of sp³-hybridized carbons (Fsp3) is 0.250. The Hall–Kier alpha value is -1.20. The molecule has 0 unspecified atom stereocenters. The highest BCUT2D eigenvalue weighted by Gasteiger charge is 2.03. The first-order valence-corrected chi connectivity index (χ1v) is 5.86. The van der Waals surface area contributed by atoms with Gasteiger partial charge in [-0.25, -0.2) is 4.39 Å². The van der Waals surface area contributed by atoms with Gasteiger partial charge in [0.05, 0.1) is 6.61 Å². The number of nitrogens with one attached hydrogen (secondary N) is 1. The van der Waals surface area contributed by atoms with Crippen LogP contribution in [0.4, 0.5) is 4.39 Å². The summed E-state index contributed by atoms with van der Waals surface area (Å²) in [5, 5.41) is 11.3. The molecule has 0 saturated carbocycles. The molecule has 1 rings (SSSR count). The number of hydrogen-bond donors (Lipinski definition) is 2. The molecule has 0 spiro atoms. The van der Waals surface area contributed by atoms with E-state index in [0.29, 0.717) is 5.56 Å². The van der Waals surface area contributed by atoms with Crippen LogP contribution in [0.2, 0.25) is 0 Å². The molecule has 0 radical (unpaired) electrons. The van der Waals surface area contributed by atoms with Gasteiger partial charge >= 0.3 is 0 Å². The van der Waals surface area contributed by atoms with Gasteiger partial charge in [0, 0.05) is 22.2 Å². The van der Waals surface area contributed by atoms with Gasteiger partial charge in [0.25, 0.3) is 0 Å². The van der Waals surface area contributed by atoms with E-state index in [1.165, 1.54) is 18.2 Å². The molecule has 2 N–H and O–H groups in total. The molecule has 92 valence electrons. The van der Waals surface area contributed by atoms with E-state index in [0.717, 1.165) is 4.47 Å². The Kier molecular flexibility index (Phi) is 5.31. The van der Waals surface area contributed by atoms with Crippen molar-refractivity contribution in [1.82, 2.24) is 5.32 Å². The molecule has 0 aromatic heterocycles. The van der Waals surface area contributed by atoms with Crippen molar-refractivity contribution < 1.29 is 14.3 Å². The normalized spacial score (nSPS) is 12.7. The maximum absolute atomic E-state index is 13.3. The van der Waals surface area contributed by atoms with Gasteiger partial charge < -0.3 is 10.4 Å².